The molecule has 0 unspecified atom stereocenters. The normalized spacial score (nSPS) is 15.1. The third kappa shape index (κ3) is 3.98. The molecule has 10 nitrogen and oxygen atoms in total. The van der Waals surface area contributed by atoms with Gasteiger partial charge in [0.25, 0.3) is 0 Å². The Hall–Kier alpha value is -3.61. The Labute approximate surface area is 186 Å². The Kier molecular flexibility index (Phi) is 5.50. The predicted octanol–water partition coefficient (Wildman–Crippen LogP) is 3.35. The molecule has 32 heavy (non-hydrogen) atoms. The summed E-state index contributed by atoms with van der Waals surface area (Å²) < 4.78 is 14.6. The van der Waals surface area contributed by atoms with E-state index in [4.69, 9.17) is 9.47 Å². The zero-order valence-corrected chi connectivity index (χ0v) is 19.0. The SMILES string of the molecule is COc1cc(-c2nnn(C3CCN(C(=O)OC(C)(C)C)CC3)c2C)cc2ncc(C#N)n12. The fourth-order valence-electron chi connectivity index (χ4n) is 4.02. The zero-order chi connectivity index (χ0) is 23.0. The molecule has 3 aromatic rings. The van der Waals surface area contributed by atoms with E-state index in [-0.39, 0.29) is 12.1 Å². The minimum absolute atomic E-state index is 0.150. The van der Waals surface area contributed by atoms with Gasteiger partial charge in [-0.1, -0.05) is 5.21 Å². The Balaban J connectivity index is 1.55. The van der Waals surface area contributed by atoms with E-state index in [1.165, 1.54) is 6.20 Å². The number of pyridine rings is 1. The lowest BCUT2D eigenvalue weighted by atomic mass is 10.0. The van der Waals surface area contributed by atoms with Crippen molar-refractivity contribution in [3.05, 3.63) is 29.7 Å². The maximum Gasteiger partial charge on any atom is 0.410 e. The van der Waals surface area contributed by atoms with Crippen molar-refractivity contribution in [2.45, 2.75) is 52.2 Å². The number of fused-ring (bicyclic) bond motifs is 1. The molecule has 1 amide bonds. The lowest BCUT2D eigenvalue weighted by molar-refractivity contribution is 0.0184. The molecule has 1 fully saturated rings. The van der Waals surface area contributed by atoms with E-state index in [0.717, 1.165) is 29.8 Å². The van der Waals surface area contributed by atoms with Crippen LogP contribution in [0.2, 0.25) is 0 Å². The zero-order valence-electron chi connectivity index (χ0n) is 19.0. The number of nitriles is 1. The van der Waals surface area contributed by atoms with Crippen LogP contribution in [0.5, 0.6) is 5.88 Å². The summed E-state index contributed by atoms with van der Waals surface area (Å²) in [5, 5.41) is 18.1. The van der Waals surface area contributed by atoms with Crippen molar-refractivity contribution in [1.29, 1.82) is 5.26 Å². The van der Waals surface area contributed by atoms with Gasteiger partial charge in [0.15, 0.2) is 0 Å². The van der Waals surface area contributed by atoms with E-state index >= 15 is 0 Å². The minimum atomic E-state index is -0.504. The van der Waals surface area contributed by atoms with E-state index in [0.29, 0.717) is 30.3 Å². The van der Waals surface area contributed by atoms with E-state index in [1.54, 1.807) is 16.4 Å². The lowest BCUT2D eigenvalue weighted by Crippen LogP contribution is -2.42. The number of hydrogen-bond donors (Lipinski definition) is 0. The van der Waals surface area contributed by atoms with Crippen molar-refractivity contribution in [1.82, 2.24) is 29.3 Å². The van der Waals surface area contributed by atoms with E-state index in [1.807, 2.05) is 44.5 Å². The summed E-state index contributed by atoms with van der Waals surface area (Å²) in [4.78, 5) is 18.4. The van der Waals surface area contributed by atoms with Crippen molar-refractivity contribution in [2.24, 2.45) is 0 Å². The fraction of sp³-hybridized carbons (Fsp3) is 0.500. The molecule has 1 aliphatic heterocycles. The first-order valence-corrected chi connectivity index (χ1v) is 10.6. The number of likely N-dealkylation sites (tertiary alicyclic amines) is 1. The predicted molar refractivity (Wildman–Crippen MR) is 116 cm³/mol. The summed E-state index contributed by atoms with van der Waals surface area (Å²) >= 11 is 0. The first kappa shape index (κ1) is 21.6. The second kappa shape index (κ2) is 8.15. The van der Waals surface area contributed by atoms with Crippen molar-refractivity contribution >= 4 is 11.7 Å². The highest BCUT2D eigenvalue weighted by atomic mass is 16.6. The molecule has 1 saturated heterocycles. The van der Waals surface area contributed by atoms with Gasteiger partial charge in [-0.3, -0.25) is 4.40 Å². The van der Waals surface area contributed by atoms with Crippen LogP contribution in [0.1, 0.15) is 51.0 Å². The molecule has 10 heteroatoms. The second-order valence-corrected chi connectivity index (χ2v) is 8.90. The third-order valence-corrected chi connectivity index (χ3v) is 5.56. The Morgan fingerprint density at radius 2 is 1.97 bits per heavy atom. The van der Waals surface area contributed by atoms with Crippen molar-refractivity contribution in [2.75, 3.05) is 20.2 Å². The average Bonchev–Trinajstić information content (AvgIpc) is 3.35. The van der Waals surface area contributed by atoms with Crippen molar-refractivity contribution in [3.8, 4) is 23.2 Å². The summed E-state index contributed by atoms with van der Waals surface area (Å²) in [5.41, 5.74) is 2.99. The molecule has 0 spiro atoms. The highest BCUT2D eigenvalue weighted by Gasteiger charge is 2.29. The molecule has 0 aromatic carbocycles. The first-order valence-electron chi connectivity index (χ1n) is 10.6. The largest absolute Gasteiger partial charge is 0.482 e. The van der Waals surface area contributed by atoms with Crippen LogP contribution in [0.4, 0.5) is 4.79 Å². The molecule has 4 heterocycles. The second-order valence-electron chi connectivity index (χ2n) is 8.90. The molecule has 0 saturated carbocycles. The molecule has 3 aromatic heterocycles. The number of hydrogen-bond acceptors (Lipinski definition) is 7. The van der Waals surface area contributed by atoms with Gasteiger partial charge in [0.1, 0.15) is 28.7 Å². The number of methoxy groups -OCH3 is 1. The maximum atomic E-state index is 12.3. The number of nitrogens with zero attached hydrogens (tertiary/aromatic N) is 7. The Morgan fingerprint density at radius 3 is 2.59 bits per heavy atom. The quantitative estimate of drug-likeness (QED) is 0.618. The summed E-state index contributed by atoms with van der Waals surface area (Å²) in [6.45, 7) is 8.81. The van der Waals surface area contributed by atoms with Gasteiger partial charge in [0.05, 0.1) is 25.0 Å². The Bertz CT molecular complexity index is 1190. The molecule has 0 aliphatic carbocycles. The molecule has 168 valence electrons. The van der Waals surface area contributed by atoms with E-state index < -0.39 is 5.60 Å². The van der Waals surface area contributed by atoms with Gasteiger partial charge in [-0.05, 0) is 46.6 Å². The topological polar surface area (TPSA) is 111 Å². The summed E-state index contributed by atoms with van der Waals surface area (Å²) in [7, 11) is 1.56. The summed E-state index contributed by atoms with van der Waals surface area (Å²) in [5.74, 6) is 0.506. The first-order chi connectivity index (χ1) is 15.2. The number of amides is 1. The van der Waals surface area contributed by atoms with Crippen LogP contribution in [0.15, 0.2) is 18.3 Å². The number of aromatic nitrogens is 5. The van der Waals surface area contributed by atoms with Gasteiger partial charge in [0, 0.05) is 24.7 Å². The van der Waals surface area contributed by atoms with Crippen LogP contribution in [-0.4, -0.2) is 61.2 Å². The van der Waals surface area contributed by atoms with Crippen LogP contribution < -0.4 is 4.74 Å². The van der Waals surface area contributed by atoms with Crippen LogP contribution in [0, 0.1) is 18.3 Å². The molecule has 0 bridgehead atoms. The smallest absolute Gasteiger partial charge is 0.410 e. The van der Waals surface area contributed by atoms with Gasteiger partial charge >= 0.3 is 6.09 Å². The van der Waals surface area contributed by atoms with Crippen LogP contribution in [0.3, 0.4) is 0 Å². The number of rotatable bonds is 3. The molecular formula is C22H27N7O3. The number of carbonyl (C=O) groups is 1. The minimum Gasteiger partial charge on any atom is -0.482 e. The number of ether oxygens (including phenoxy) is 2. The highest BCUT2D eigenvalue weighted by molar-refractivity contribution is 5.69. The number of piperidine rings is 1. The summed E-state index contributed by atoms with van der Waals surface area (Å²) in [6, 6.07) is 5.97. The van der Waals surface area contributed by atoms with Crippen LogP contribution >= 0.6 is 0 Å². The van der Waals surface area contributed by atoms with Gasteiger partial charge in [-0.15, -0.1) is 5.10 Å². The fourth-order valence-corrected chi connectivity index (χ4v) is 4.02. The standard InChI is InChI=1S/C22H27N7O3/c1-14-20(15-10-18-24-13-17(12-23)28(18)19(11-15)31-5)25-26-29(14)16-6-8-27(9-7-16)21(30)32-22(2,3)4/h10-11,13,16H,6-9H2,1-5H3. The molecule has 0 radical (unpaired) electrons. The highest BCUT2D eigenvalue weighted by Crippen LogP contribution is 2.31. The lowest BCUT2D eigenvalue weighted by Gasteiger charge is -2.33. The van der Waals surface area contributed by atoms with Gasteiger partial charge in [0.2, 0.25) is 5.88 Å². The molecule has 0 N–H and O–H groups in total. The molecular weight excluding hydrogens is 410 g/mol. The Morgan fingerprint density at radius 1 is 1.25 bits per heavy atom. The van der Waals surface area contributed by atoms with Gasteiger partial charge in [-0.2, -0.15) is 5.26 Å². The summed E-state index contributed by atoms with van der Waals surface area (Å²) in [6.07, 6.45) is 2.79. The van der Waals surface area contributed by atoms with Crippen LogP contribution in [0.25, 0.3) is 16.9 Å². The number of imidazole rings is 1. The number of carbonyl (C=O) groups excluding carboxylic acids is 1. The maximum absolute atomic E-state index is 12.3. The van der Waals surface area contributed by atoms with Gasteiger partial charge in [-0.25, -0.2) is 14.5 Å². The van der Waals surface area contributed by atoms with Crippen molar-refractivity contribution < 1.29 is 14.3 Å². The van der Waals surface area contributed by atoms with Gasteiger partial charge < -0.3 is 14.4 Å². The molecule has 1 aliphatic rings. The monoisotopic (exact) mass is 437 g/mol. The van der Waals surface area contributed by atoms with E-state index in [2.05, 4.69) is 21.4 Å². The van der Waals surface area contributed by atoms with E-state index in [9.17, 15) is 10.1 Å². The third-order valence-electron chi connectivity index (χ3n) is 5.56. The molecule has 0 atom stereocenters. The molecule has 4 rings (SSSR count). The van der Waals surface area contributed by atoms with Crippen molar-refractivity contribution in [3.63, 3.8) is 0 Å². The van der Waals surface area contributed by atoms with Crippen LogP contribution in [-0.2, 0) is 4.74 Å². The average molecular weight is 438 g/mol.